The molecule has 0 spiro atoms. The maximum atomic E-state index is 12.2. The van der Waals surface area contributed by atoms with E-state index in [1.54, 1.807) is 0 Å². The van der Waals surface area contributed by atoms with Crippen molar-refractivity contribution in [3.63, 3.8) is 0 Å². The first-order chi connectivity index (χ1) is 5.95. The predicted octanol–water partition coefficient (Wildman–Crippen LogP) is -0.582. The van der Waals surface area contributed by atoms with Crippen LogP contribution in [0.25, 0.3) is 0 Å². The Hall–Kier alpha value is 1.19. The van der Waals surface area contributed by atoms with E-state index in [4.69, 9.17) is 0 Å². The van der Waals surface area contributed by atoms with Crippen LogP contribution in [0, 0.1) is 0 Å². The van der Waals surface area contributed by atoms with E-state index in [9.17, 15) is 12.9 Å². The van der Waals surface area contributed by atoms with Crippen LogP contribution in [0.15, 0.2) is 12.1 Å². The Morgan fingerprint density at radius 3 is 2.21 bits per heavy atom. The Morgan fingerprint density at radius 1 is 1.43 bits per heavy atom. The average Bonchev–Trinajstić information content (AvgIpc) is 2.80. The second-order valence-electron chi connectivity index (χ2n) is 3.53. The molecule has 0 amide bonds. The molecule has 0 saturated heterocycles. The first-order valence-corrected chi connectivity index (χ1v) is 4.56. The van der Waals surface area contributed by atoms with E-state index in [2.05, 4.69) is 6.58 Å². The molecule has 76 valence electrons. The molecule has 1 rings (SSSR count). The first kappa shape index (κ1) is 15.2. The molecule has 0 heterocycles. The van der Waals surface area contributed by atoms with Gasteiger partial charge in [-0.1, -0.05) is 6.92 Å². The van der Waals surface area contributed by atoms with Crippen molar-refractivity contribution >= 4 is 6.98 Å². The van der Waals surface area contributed by atoms with Gasteiger partial charge in [-0.05, 0) is 25.9 Å². The van der Waals surface area contributed by atoms with Crippen LogP contribution in [-0.2, 0) is 0 Å². The van der Waals surface area contributed by atoms with E-state index in [-0.39, 0.29) is 57.9 Å². The van der Waals surface area contributed by atoms with Crippen molar-refractivity contribution < 1.29 is 64.3 Å². The Labute approximate surface area is 126 Å². The minimum Gasteiger partial charge on any atom is -0.445 e. The Balaban J connectivity index is 0.00000169. The molecule has 0 radical (unpaired) electrons. The van der Waals surface area contributed by atoms with Crippen molar-refractivity contribution in [3.05, 3.63) is 12.1 Å². The van der Waals surface area contributed by atoms with Crippen LogP contribution in [0.3, 0.4) is 0 Å². The zero-order valence-electron chi connectivity index (χ0n) is 8.77. The molecule has 6 heteroatoms. The van der Waals surface area contributed by atoms with Gasteiger partial charge in [-0.3, -0.25) is 4.90 Å². The third-order valence-corrected chi connectivity index (χ3v) is 2.34. The Bertz CT molecular complexity index is 203. The SMILES string of the molecule is C=C(CN(CC)C1CC1)[B-](F)(F)F.[K+]. The largest absolute Gasteiger partial charge is 1.00 e. The molecule has 0 aromatic rings. The van der Waals surface area contributed by atoms with Gasteiger partial charge in [0.05, 0.1) is 0 Å². The summed E-state index contributed by atoms with van der Waals surface area (Å²) in [5.41, 5.74) is -0.575. The topological polar surface area (TPSA) is 3.24 Å². The summed E-state index contributed by atoms with van der Waals surface area (Å²) in [5, 5.41) is 0. The summed E-state index contributed by atoms with van der Waals surface area (Å²) in [4.78, 5) is 1.84. The van der Waals surface area contributed by atoms with Gasteiger partial charge in [0, 0.05) is 6.04 Å². The van der Waals surface area contributed by atoms with E-state index in [1.165, 1.54) is 0 Å². The molecule has 0 unspecified atom stereocenters. The van der Waals surface area contributed by atoms with Gasteiger partial charge in [-0.15, -0.1) is 12.1 Å². The standard InChI is InChI=1S/C8H14BF3N.K/c1-3-13(8-4-5-8)6-7(2)9(10,11)12;/h8H,2-6H2,1H3;/q-1;+1. The fourth-order valence-electron chi connectivity index (χ4n) is 1.30. The average molecular weight is 231 g/mol. The maximum absolute atomic E-state index is 12.2. The number of hydrogen-bond acceptors (Lipinski definition) is 1. The summed E-state index contributed by atoms with van der Waals surface area (Å²) in [6.07, 6.45) is 2.07. The third kappa shape index (κ3) is 4.81. The third-order valence-electron chi connectivity index (χ3n) is 2.34. The number of rotatable bonds is 5. The second kappa shape index (κ2) is 6.06. The van der Waals surface area contributed by atoms with E-state index in [0.29, 0.717) is 12.6 Å². The maximum Gasteiger partial charge on any atom is 1.00 e. The van der Waals surface area contributed by atoms with Crippen LogP contribution < -0.4 is 51.4 Å². The van der Waals surface area contributed by atoms with E-state index in [0.717, 1.165) is 12.8 Å². The number of nitrogens with zero attached hydrogens (tertiary/aromatic N) is 1. The molecule has 0 N–H and O–H groups in total. The van der Waals surface area contributed by atoms with Crippen molar-refractivity contribution in [2.24, 2.45) is 0 Å². The molecule has 0 bridgehead atoms. The van der Waals surface area contributed by atoms with E-state index < -0.39 is 12.4 Å². The quantitative estimate of drug-likeness (QED) is 0.572. The molecule has 0 aromatic heterocycles. The van der Waals surface area contributed by atoms with Gasteiger partial charge in [-0.25, -0.2) is 0 Å². The van der Waals surface area contributed by atoms with Gasteiger partial charge in [0.1, 0.15) is 0 Å². The number of halogens is 3. The molecule has 0 aliphatic heterocycles. The second-order valence-corrected chi connectivity index (χ2v) is 3.53. The molecule has 1 saturated carbocycles. The molecule has 1 nitrogen and oxygen atoms in total. The monoisotopic (exact) mass is 231 g/mol. The molecular formula is C8H14BF3KN. The van der Waals surface area contributed by atoms with Crippen LogP contribution in [-0.4, -0.2) is 31.0 Å². The van der Waals surface area contributed by atoms with Gasteiger partial charge in [0.25, 0.3) is 0 Å². The summed E-state index contributed by atoms with van der Waals surface area (Å²) >= 11 is 0. The minimum atomic E-state index is -4.85. The summed E-state index contributed by atoms with van der Waals surface area (Å²) < 4.78 is 36.5. The van der Waals surface area contributed by atoms with Crippen molar-refractivity contribution in [2.75, 3.05) is 13.1 Å². The molecule has 14 heavy (non-hydrogen) atoms. The Kier molecular flexibility index (Phi) is 6.57. The molecule has 1 aliphatic carbocycles. The molecule has 0 atom stereocenters. The smallest absolute Gasteiger partial charge is 0.445 e. The summed E-state index contributed by atoms with van der Waals surface area (Å²) in [6, 6.07) is 0.375. The zero-order valence-corrected chi connectivity index (χ0v) is 11.9. The van der Waals surface area contributed by atoms with Gasteiger partial charge in [0.15, 0.2) is 0 Å². The molecule has 0 aromatic carbocycles. The van der Waals surface area contributed by atoms with Crippen LogP contribution >= 0.6 is 0 Å². The van der Waals surface area contributed by atoms with Gasteiger partial charge in [0.2, 0.25) is 0 Å². The predicted molar refractivity (Wildman–Crippen MR) is 48.5 cm³/mol. The fraction of sp³-hybridized carbons (Fsp3) is 0.750. The van der Waals surface area contributed by atoms with Crippen LogP contribution in [0.2, 0.25) is 0 Å². The Morgan fingerprint density at radius 2 is 1.93 bits per heavy atom. The van der Waals surface area contributed by atoms with Crippen LogP contribution in [0.1, 0.15) is 19.8 Å². The summed E-state index contributed by atoms with van der Waals surface area (Å²) in [5.74, 6) is 0. The minimum absolute atomic E-state index is 0. The van der Waals surface area contributed by atoms with Crippen molar-refractivity contribution in [1.82, 2.24) is 4.90 Å². The normalized spacial score (nSPS) is 16.6. The summed E-state index contributed by atoms with van der Waals surface area (Å²) in [7, 11) is 0. The van der Waals surface area contributed by atoms with Crippen molar-refractivity contribution in [2.45, 2.75) is 25.8 Å². The van der Waals surface area contributed by atoms with Crippen molar-refractivity contribution in [3.8, 4) is 0 Å². The van der Waals surface area contributed by atoms with Gasteiger partial charge >= 0.3 is 58.4 Å². The zero-order chi connectivity index (χ0) is 10.1. The fourth-order valence-corrected chi connectivity index (χ4v) is 1.30. The molecule has 1 fully saturated rings. The molecule has 1 aliphatic rings. The number of hydrogen-bond donors (Lipinski definition) is 0. The van der Waals surface area contributed by atoms with Gasteiger partial charge < -0.3 is 12.9 Å². The van der Waals surface area contributed by atoms with Crippen LogP contribution in [0.5, 0.6) is 0 Å². The summed E-state index contributed by atoms with van der Waals surface area (Å²) in [6.45, 7) is 0.790. The van der Waals surface area contributed by atoms with Gasteiger partial charge in [-0.2, -0.15) is 0 Å². The van der Waals surface area contributed by atoms with Crippen molar-refractivity contribution in [1.29, 1.82) is 0 Å². The van der Waals surface area contributed by atoms with E-state index >= 15 is 0 Å². The van der Waals surface area contributed by atoms with Crippen LogP contribution in [0.4, 0.5) is 12.9 Å². The number of likely N-dealkylation sites (N-methyl/N-ethyl adjacent to an activating group) is 1. The molecular weight excluding hydrogens is 217 g/mol. The first-order valence-electron chi connectivity index (χ1n) is 4.56. The van der Waals surface area contributed by atoms with E-state index in [1.807, 2.05) is 11.8 Å².